The van der Waals surface area contributed by atoms with Gasteiger partial charge in [0.2, 0.25) is 0 Å². The van der Waals surface area contributed by atoms with Gasteiger partial charge in [-0.15, -0.1) is 0 Å². The van der Waals surface area contributed by atoms with E-state index in [4.69, 9.17) is 16.3 Å². The highest BCUT2D eigenvalue weighted by Crippen LogP contribution is 2.41. The van der Waals surface area contributed by atoms with Crippen LogP contribution in [0.25, 0.3) is 16.3 Å². The Balaban J connectivity index is 2.24. The Kier molecular flexibility index (Phi) is 4.87. The first-order valence-electron chi connectivity index (χ1n) is 7.91. The lowest BCUT2D eigenvalue weighted by atomic mass is 9.92. The standard InChI is InChI=1S/C21H17ClO4/c1-12(21(24)25)17-11-18(26-2)20(23)19-14(4-3-5-16(17)19)10-13-6-8-15(22)9-7-13/h3-9,11,23H,1,10H2,2H3,(H,24,25). The summed E-state index contributed by atoms with van der Waals surface area (Å²) in [5, 5.41) is 21.8. The van der Waals surface area contributed by atoms with Gasteiger partial charge in [0, 0.05) is 16.0 Å². The van der Waals surface area contributed by atoms with Crippen LogP contribution < -0.4 is 4.74 Å². The number of carboxylic acids is 1. The number of rotatable bonds is 5. The van der Waals surface area contributed by atoms with Crippen LogP contribution in [0.15, 0.2) is 55.1 Å². The predicted octanol–water partition coefficient (Wildman–Crippen LogP) is 4.90. The molecule has 3 aromatic rings. The fourth-order valence-corrected chi connectivity index (χ4v) is 3.12. The second kappa shape index (κ2) is 7.10. The molecule has 0 aromatic heterocycles. The first-order valence-corrected chi connectivity index (χ1v) is 8.28. The van der Waals surface area contributed by atoms with Gasteiger partial charge in [0.15, 0.2) is 11.5 Å². The summed E-state index contributed by atoms with van der Waals surface area (Å²) in [6.45, 7) is 3.65. The molecule has 132 valence electrons. The number of aromatic hydroxyl groups is 1. The van der Waals surface area contributed by atoms with E-state index < -0.39 is 5.97 Å². The van der Waals surface area contributed by atoms with Crippen LogP contribution in [-0.2, 0) is 11.2 Å². The zero-order valence-corrected chi connectivity index (χ0v) is 14.9. The molecule has 4 nitrogen and oxygen atoms in total. The summed E-state index contributed by atoms with van der Waals surface area (Å²) in [5.74, 6) is -0.936. The van der Waals surface area contributed by atoms with Crippen LogP contribution >= 0.6 is 11.6 Å². The number of ether oxygens (including phenoxy) is 1. The molecule has 3 aromatic carbocycles. The summed E-state index contributed by atoms with van der Waals surface area (Å²) in [6.07, 6.45) is 0.550. The maximum absolute atomic E-state index is 11.4. The number of halogens is 1. The van der Waals surface area contributed by atoms with E-state index in [1.165, 1.54) is 13.2 Å². The lowest BCUT2D eigenvalue weighted by Crippen LogP contribution is -2.01. The molecule has 0 aliphatic rings. The molecule has 0 fully saturated rings. The number of carboxylic acid groups (broad SMARTS) is 1. The van der Waals surface area contributed by atoms with Gasteiger partial charge in [-0.25, -0.2) is 4.79 Å². The Bertz CT molecular complexity index is 1010. The summed E-state index contributed by atoms with van der Waals surface area (Å²) in [6, 6.07) is 14.4. The molecule has 5 heteroatoms. The van der Waals surface area contributed by atoms with Crippen LogP contribution in [0.4, 0.5) is 0 Å². The van der Waals surface area contributed by atoms with Crippen molar-refractivity contribution in [2.45, 2.75) is 6.42 Å². The highest BCUT2D eigenvalue weighted by molar-refractivity contribution is 6.30. The molecule has 0 aliphatic heterocycles. The molecular formula is C21H17ClO4. The van der Waals surface area contributed by atoms with Crippen molar-refractivity contribution in [2.24, 2.45) is 0 Å². The van der Waals surface area contributed by atoms with Gasteiger partial charge in [-0.05, 0) is 41.1 Å². The topological polar surface area (TPSA) is 66.8 Å². The van der Waals surface area contributed by atoms with Crippen LogP contribution in [0.3, 0.4) is 0 Å². The van der Waals surface area contributed by atoms with Crippen molar-refractivity contribution in [3.05, 3.63) is 76.8 Å². The van der Waals surface area contributed by atoms with Crippen LogP contribution in [-0.4, -0.2) is 23.3 Å². The number of hydrogen-bond donors (Lipinski definition) is 2. The van der Waals surface area contributed by atoms with E-state index in [-0.39, 0.29) is 17.1 Å². The highest BCUT2D eigenvalue weighted by Gasteiger charge is 2.19. The number of carbonyl (C=O) groups is 1. The van der Waals surface area contributed by atoms with Crippen LogP contribution in [0.5, 0.6) is 11.5 Å². The second-order valence-corrected chi connectivity index (χ2v) is 6.34. The third-order valence-electron chi connectivity index (χ3n) is 4.30. The van der Waals surface area contributed by atoms with Crippen molar-refractivity contribution in [3.63, 3.8) is 0 Å². The van der Waals surface area contributed by atoms with E-state index in [0.717, 1.165) is 11.1 Å². The van der Waals surface area contributed by atoms with Gasteiger partial charge in [-0.1, -0.05) is 48.5 Å². The average molecular weight is 369 g/mol. The van der Waals surface area contributed by atoms with Crippen molar-refractivity contribution in [2.75, 3.05) is 7.11 Å². The summed E-state index contributed by atoms with van der Waals surface area (Å²) in [5.41, 5.74) is 2.22. The molecule has 0 radical (unpaired) electrons. The number of phenols is 1. The molecule has 2 N–H and O–H groups in total. The lowest BCUT2D eigenvalue weighted by Gasteiger charge is -2.15. The van der Waals surface area contributed by atoms with Crippen LogP contribution in [0.1, 0.15) is 16.7 Å². The Morgan fingerprint density at radius 2 is 1.88 bits per heavy atom. The normalized spacial score (nSPS) is 10.7. The van der Waals surface area contributed by atoms with E-state index in [1.807, 2.05) is 24.3 Å². The fraction of sp³-hybridized carbons (Fsp3) is 0.0952. The zero-order valence-electron chi connectivity index (χ0n) is 14.1. The van der Waals surface area contributed by atoms with Gasteiger partial charge in [0.25, 0.3) is 0 Å². The minimum absolute atomic E-state index is 0.0194. The maximum atomic E-state index is 11.4. The molecule has 0 amide bonds. The van der Waals surface area contributed by atoms with E-state index in [2.05, 4.69) is 6.58 Å². The minimum atomic E-state index is -1.12. The quantitative estimate of drug-likeness (QED) is 0.629. The molecule has 0 spiro atoms. The van der Waals surface area contributed by atoms with Crippen molar-refractivity contribution in [1.29, 1.82) is 0 Å². The lowest BCUT2D eigenvalue weighted by molar-refractivity contribution is -0.130. The Morgan fingerprint density at radius 1 is 1.19 bits per heavy atom. The van der Waals surface area contributed by atoms with Gasteiger partial charge in [-0.3, -0.25) is 0 Å². The van der Waals surface area contributed by atoms with E-state index in [0.29, 0.717) is 27.8 Å². The van der Waals surface area contributed by atoms with Crippen molar-refractivity contribution in [1.82, 2.24) is 0 Å². The van der Waals surface area contributed by atoms with Crippen LogP contribution in [0.2, 0.25) is 5.02 Å². The Hall–Kier alpha value is -2.98. The van der Waals surface area contributed by atoms with Crippen molar-refractivity contribution >= 4 is 33.9 Å². The zero-order chi connectivity index (χ0) is 18.8. The third-order valence-corrected chi connectivity index (χ3v) is 4.55. The average Bonchev–Trinajstić information content (AvgIpc) is 2.63. The SMILES string of the molecule is C=C(C(=O)O)c1cc(OC)c(O)c2c(Cc3ccc(Cl)cc3)cccc12. The van der Waals surface area contributed by atoms with Gasteiger partial charge in [0.05, 0.1) is 12.7 Å². The summed E-state index contributed by atoms with van der Waals surface area (Å²) >= 11 is 5.94. The summed E-state index contributed by atoms with van der Waals surface area (Å²) < 4.78 is 5.24. The number of aliphatic carboxylic acids is 1. The number of benzene rings is 3. The van der Waals surface area contributed by atoms with Gasteiger partial charge >= 0.3 is 5.97 Å². The molecular weight excluding hydrogens is 352 g/mol. The molecule has 0 saturated heterocycles. The smallest absolute Gasteiger partial charge is 0.335 e. The number of methoxy groups -OCH3 is 1. The Morgan fingerprint density at radius 3 is 2.50 bits per heavy atom. The largest absolute Gasteiger partial charge is 0.504 e. The fourth-order valence-electron chi connectivity index (χ4n) is 2.99. The van der Waals surface area contributed by atoms with Gasteiger partial charge in [-0.2, -0.15) is 0 Å². The molecule has 0 saturated carbocycles. The molecule has 26 heavy (non-hydrogen) atoms. The van der Waals surface area contributed by atoms with Gasteiger partial charge in [0.1, 0.15) is 0 Å². The highest BCUT2D eigenvalue weighted by atomic mass is 35.5. The molecule has 0 bridgehead atoms. The molecule has 0 heterocycles. The number of hydrogen-bond acceptors (Lipinski definition) is 3. The molecule has 0 unspecified atom stereocenters. The van der Waals surface area contributed by atoms with E-state index in [9.17, 15) is 15.0 Å². The molecule has 0 aliphatic carbocycles. The first-order chi connectivity index (χ1) is 12.4. The number of fused-ring (bicyclic) bond motifs is 1. The monoisotopic (exact) mass is 368 g/mol. The van der Waals surface area contributed by atoms with E-state index >= 15 is 0 Å². The molecule has 0 atom stereocenters. The second-order valence-electron chi connectivity index (χ2n) is 5.90. The third kappa shape index (κ3) is 3.24. The van der Waals surface area contributed by atoms with Crippen LogP contribution in [0, 0.1) is 0 Å². The first kappa shape index (κ1) is 17.8. The number of phenolic OH excluding ortho intramolecular Hbond substituents is 1. The Labute approximate surface area is 155 Å². The van der Waals surface area contributed by atoms with E-state index in [1.54, 1.807) is 18.2 Å². The van der Waals surface area contributed by atoms with Gasteiger partial charge < -0.3 is 14.9 Å². The summed E-state index contributed by atoms with van der Waals surface area (Å²) in [4.78, 5) is 11.4. The minimum Gasteiger partial charge on any atom is -0.504 e. The van der Waals surface area contributed by atoms with Crippen molar-refractivity contribution in [3.8, 4) is 11.5 Å². The van der Waals surface area contributed by atoms with Crippen molar-refractivity contribution < 1.29 is 19.7 Å². The predicted molar refractivity (Wildman–Crippen MR) is 103 cm³/mol. The maximum Gasteiger partial charge on any atom is 0.335 e. The molecule has 3 rings (SSSR count). The summed E-state index contributed by atoms with van der Waals surface area (Å²) in [7, 11) is 1.43.